The number of carbonyl (C=O) groups excluding carboxylic acids is 1. The molecule has 6 heteroatoms. The van der Waals surface area contributed by atoms with Crippen molar-refractivity contribution in [3.63, 3.8) is 0 Å². The Bertz CT molecular complexity index is 484. The number of nitrogens with zero attached hydrogens (tertiary/aromatic N) is 1. The second-order valence-corrected chi connectivity index (χ2v) is 4.41. The molecule has 1 aliphatic rings. The van der Waals surface area contributed by atoms with E-state index in [0.29, 0.717) is 0 Å². The van der Waals surface area contributed by atoms with Crippen molar-refractivity contribution in [2.75, 3.05) is 0 Å². The molecule has 96 valence electrons. The van der Waals surface area contributed by atoms with Crippen LogP contribution in [0, 0.1) is 15.9 Å². The number of hydrogen-bond donors (Lipinski definition) is 1. The minimum Gasteiger partial charge on any atom is -0.349 e. The second-order valence-electron chi connectivity index (χ2n) is 4.41. The number of carbonyl (C=O) groups is 1. The fourth-order valence-corrected chi connectivity index (χ4v) is 2.15. The molecule has 0 aliphatic heterocycles. The number of nitro groups is 1. The molecule has 0 radical (unpaired) electrons. The van der Waals surface area contributed by atoms with Gasteiger partial charge in [-0.25, -0.2) is 4.39 Å². The molecule has 0 atom stereocenters. The van der Waals surface area contributed by atoms with Crippen molar-refractivity contribution in [2.45, 2.75) is 31.7 Å². The fourth-order valence-electron chi connectivity index (χ4n) is 2.15. The molecular formula is C12H13FN2O3. The molecular weight excluding hydrogens is 239 g/mol. The normalized spacial score (nSPS) is 15.6. The van der Waals surface area contributed by atoms with Crippen molar-refractivity contribution in [2.24, 2.45) is 0 Å². The number of nitrogens with one attached hydrogen (secondary N) is 1. The summed E-state index contributed by atoms with van der Waals surface area (Å²) in [6.07, 6.45) is 3.94. The average molecular weight is 252 g/mol. The van der Waals surface area contributed by atoms with E-state index in [1.807, 2.05) is 0 Å². The molecule has 1 N–H and O–H groups in total. The number of nitro benzene ring substituents is 1. The zero-order valence-electron chi connectivity index (χ0n) is 9.69. The van der Waals surface area contributed by atoms with Crippen LogP contribution in [-0.2, 0) is 0 Å². The van der Waals surface area contributed by atoms with Gasteiger partial charge in [0.2, 0.25) is 0 Å². The van der Waals surface area contributed by atoms with Gasteiger partial charge in [0.05, 0.1) is 11.0 Å². The Balaban J connectivity index is 2.16. The maximum Gasteiger partial charge on any atom is 0.273 e. The molecule has 1 saturated carbocycles. The number of non-ortho nitro benzene ring substituents is 1. The molecule has 1 amide bonds. The highest BCUT2D eigenvalue weighted by atomic mass is 19.1. The van der Waals surface area contributed by atoms with Crippen LogP contribution in [0.1, 0.15) is 36.0 Å². The van der Waals surface area contributed by atoms with Crippen molar-refractivity contribution in [1.82, 2.24) is 5.32 Å². The van der Waals surface area contributed by atoms with Crippen molar-refractivity contribution >= 4 is 11.6 Å². The maximum atomic E-state index is 13.2. The standard InChI is InChI=1S/C12H13FN2O3/c13-9-5-8(6-11(7-9)15(17)18)12(16)14-10-3-1-2-4-10/h5-7,10H,1-4H2,(H,14,16). The lowest BCUT2D eigenvalue weighted by Gasteiger charge is -2.11. The SMILES string of the molecule is O=C(NC1CCCC1)c1cc(F)cc([N+](=O)[O-])c1. The number of rotatable bonds is 3. The third-order valence-corrected chi connectivity index (χ3v) is 3.05. The number of hydrogen-bond acceptors (Lipinski definition) is 3. The Kier molecular flexibility index (Phi) is 3.55. The van der Waals surface area contributed by atoms with E-state index < -0.39 is 22.3 Å². The summed E-state index contributed by atoms with van der Waals surface area (Å²) in [5, 5.41) is 13.3. The molecule has 1 aliphatic carbocycles. The first kappa shape index (κ1) is 12.5. The molecule has 0 saturated heterocycles. The second kappa shape index (κ2) is 5.12. The van der Waals surface area contributed by atoms with E-state index in [4.69, 9.17) is 0 Å². The minimum atomic E-state index is -0.777. The fraction of sp³-hybridized carbons (Fsp3) is 0.417. The summed E-state index contributed by atoms with van der Waals surface area (Å²) in [7, 11) is 0. The smallest absolute Gasteiger partial charge is 0.273 e. The van der Waals surface area contributed by atoms with Crippen LogP contribution < -0.4 is 5.32 Å². The van der Waals surface area contributed by atoms with Gasteiger partial charge in [0, 0.05) is 17.7 Å². The highest BCUT2D eigenvalue weighted by molar-refractivity contribution is 5.95. The minimum absolute atomic E-state index is 0.00593. The van der Waals surface area contributed by atoms with E-state index in [-0.39, 0.29) is 11.6 Å². The third-order valence-electron chi connectivity index (χ3n) is 3.05. The molecule has 0 aromatic heterocycles. The molecule has 0 bridgehead atoms. The number of benzene rings is 1. The Morgan fingerprint density at radius 2 is 2.00 bits per heavy atom. The lowest BCUT2D eigenvalue weighted by Crippen LogP contribution is -2.32. The summed E-state index contributed by atoms with van der Waals surface area (Å²) < 4.78 is 13.2. The molecule has 1 aromatic carbocycles. The van der Waals surface area contributed by atoms with Crippen LogP contribution in [0.5, 0.6) is 0 Å². The van der Waals surface area contributed by atoms with Gasteiger partial charge < -0.3 is 5.32 Å². The van der Waals surface area contributed by atoms with Crippen molar-refractivity contribution < 1.29 is 14.1 Å². The van der Waals surface area contributed by atoms with Gasteiger partial charge in [0.1, 0.15) is 5.82 Å². The largest absolute Gasteiger partial charge is 0.349 e. The first-order valence-electron chi connectivity index (χ1n) is 5.82. The lowest BCUT2D eigenvalue weighted by atomic mass is 10.1. The Morgan fingerprint density at radius 3 is 2.61 bits per heavy atom. The highest BCUT2D eigenvalue weighted by Gasteiger charge is 2.20. The number of amides is 1. The van der Waals surface area contributed by atoms with Gasteiger partial charge in [-0.05, 0) is 18.9 Å². The van der Waals surface area contributed by atoms with Crippen LogP contribution in [0.25, 0.3) is 0 Å². The summed E-state index contributed by atoms with van der Waals surface area (Å²) in [6, 6.07) is 3.00. The van der Waals surface area contributed by atoms with E-state index in [1.54, 1.807) is 0 Å². The van der Waals surface area contributed by atoms with E-state index in [0.717, 1.165) is 43.9 Å². The lowest BCUT2D eigenvalue weighted by molar-refractivity contribution is -0.385. The van der Waals surface area contributed by atoms with Gasteiger partial charge in [-0.3, -0.25) is 14.9 Å². The summed E-state index contributed by atoms with van der Waals surface area (Å²) in [5.74, 6) is -1.23. The van der Waals surface area contributed by atoms with Gasteiger partial charge in [0.25, 0.3) is 11.6 Å². The summed E-state index contributed by atoms with van der Waals surface area (Å²) >= 11 is 0. The molecule has 5 nitrogen and oxygen atoms in total. The van der Waals surface area contributed by atoms with Gasteiger partial charge in [-0.1, -0.05) is 12.8 Å². The predicted octanol–water partition coefficient (Wildman–Crippen LogP) is 2.41. The third kappa shape index (κ3) is 2.82. The molecule has 0 spiro atoms. The summed E-state index contributed by atoms with van der Waals surface area (Å²) in [6.45, 7) is 0. The van der Waals surface area contributed by atoms with Gasteiger partial charge in [-0.15, -0.1) is 0 Å². The average Bonchev–Trinajstić information content (AvgIpc) is 2.80. The van der Waals surface area contributed by atoms with E-state index >= 15 is 0 Å². The Hall–Kier alpha value is -1.98. The van der Waals surface area contributed by atoms with Crippen LogP contribution in [0.3, 0.4) is 0 Å². The molecule has 2 rings (SSSR count). The Morgan fingerprint density at radius 1 is 1.33 bits per heavy atom. The molecule has 18 heavy (non-hydrogen) atoms. The van der Waals surface area contributed by atoms with Crippen molar-refractivity contribution in [3.05, 3.63) is 39.7 Å². The van der Waals surface area contributed by atoms with Crippen LogP contribution in [0.2, 0.25) is 0 Å². The predicted molar refractivity (Wildman–Crippen MR) is 62.8 cm³/mol. The van der Waals surface area contributed by atoms with Crippen LogP contribution in [0.4, 0.5) is 10.1 Å². The van der Waals surface area contributed by atoms with Gasteiger partial charge >= 0.3 is 0 Å². The number of halogens is 1. The highest BCUT2D eigenvalue weighted by Crippen LogP contribution is 2.20. The summed E-state index contributed by atoms with van der Waals surface area (Å²) in [4.78, 5) is 21.7. The zero-order chi connectivity index (χ0) is 13.1. The topological polar surface area (TPSA) is 72.2 Å². The first-order chi connectivity index (χ1) is 8.56. The monoisotopic (exact) mass is 252 g/mol. The molecule has 1 aromatic rings. The van der Waals surface area contributed by atoms with Gasteiger partial charge in [0.15, 0.2) is 0 Å². The molecule has 0 heterocycles. The van der Waals surface area contributed by atoms with E-state index in [2.05, 4.69) is 5.32 Å². The van der Waals surface area contributed by atoms with Crippen LogP contribution in [-0.4, -0.2) is 16.9 Å². The van der Waals surface area contributed by atoms with E-state index in [1.165, 1.54) is 0 Å². The van der Waals surface area contributed by atoms with Gasteiger partial charge in [-0.2, -0.15) is 0 Å². The summed E-state index contributed by atoms with van der Waals surface area (Å²) in [5.41, 5.74) is -0.417. The van der Waals surface area contributed by atoms with E-state index in [9.17, 15) is 19.3 Å². The molecule has 1 fully saturated rings. The van der Waals surface area contributed by atoms with Crippen molar-refractivity contribution in [1.29, 1.82) is 0 Å². The Labute approximate surface area is 103 Å². The van der Waals surface area contributed by atoms with Crippen LogP contribution >= 0.6 is 0 Å². The first-order valence-corrected chi connectivity index (χ1v) is 5.82. The quantitative estimate of drug-likeness (QED) is 0.663. The zero-order valence-corrected chi connectivity index (χ0v) is 9.69. The van der Waals surface area contributed by atoms with Crippen LogP contribution in [0.15, 0.2) is 18.2 Å². The molecule has 0 unspecified atom stereocenters. The van der Waals surface area contributed by atoms with Crippen molar-refractivity contribution in [3.8, 4) is 0 Å². The maximum absolute atomic E-state index is 13.2.